The molecule has 22 heavy (non-hydrogen) atoms. The van der Waals surface area contributed by atoms with Gasteiger partial charge in [0.25, 0.3) is 0 Å². The first kappa shape index (κ1) is 30.9. The first-order valence-corrected chi connectivity index (χ1v) is 12.0. The van der Waals surface area contributed by atoms with Crippen molar-refractivity contribution in [2.75, 3.05) is 18.5 Å². The average molecular weight is 422 g/mol. The predicted molar refractivity (Wildman–Crippen MR) is 86.3 cm³/mol. The first-order valence-electron chi connectivity index (χ1n) is 7.41. The molecule has 0 saturated heterocycles. The summed E-state index contributed by atoms with van der Waals surface area (Å²) in [6.45, 7) is 5.93. The van der Waals surface area contributed by atoms with Crippen molar-refractivity contribution in [1.82, 2.24) is 0 Å². The summed E-state index contributed by atoms with van der Waals surface area (Å²) in [4.78, 5) is 29.5. The zero-order valence-electron chi connectivity index (χ0n) is 13.6. The third kappa shape index (κ3) is 49.7. The van der Waals surface area contributed by atoms with Gasteiger partial charge in [-0.1, -0.05) is 40.0 Å². The Balaban J connectivity index is -0.000000108. The predicted octanol–water partition coefficient (Wildman–Crippen LogP) is 1.86. The minimum atomic E-state index is -2.40. The number of hydrogen-bond donors (Lipinski definition) is 0. The zero-order chi connectivity index (χ0) is 17.1. The molecular formula is C12H30CoO6P3. The number of hydrogen-bond acceptors (Lipinski definition) is 6. The van der Waals surface area contributed by atoms with Crippen LogP contribution in [0, 0.1) is 0 Å². The Kier molecular flexibility index (Phi) is 37.9. The first-order chi connectivity index (χ1) is 9.81. The maximum Gasteiger partial charge on any atom is 3.00 e. The largest absolute Gasteiger partial charge is 3.00 e. The summed E-state index contributed by atoms with van der Waals surface area (Å²) in [5, 5.41) is 0. The van der Waals surface area contributed by atoms with Crippen molar-refractivity contribution in [3.05, 3.63) is 0 Å². The van der Waals surface area contributed by atoms with E-state index in [1.165, 1.54) is 0 Å². The van der Waals surface area contributed by atoms with Crippen molar-refractivity contribution in [3.8, 4) is 0 Å². The molecule has 0 aliphatic heterocycles. The maximum absolute atomic E-state index is 9.83. The summed E-state index contributed by atoms with van der Waals surface area (Å²) in [5.41, 5.74) is 0. The van der Waals surface area contributed by atoms with Gasteiger partial charge >= 0.3 is 16.8 Å². The van der Waals surface area contributed by atoms with Crippen molar-refractivity contribution >= 4 is 24.1 Å². The molecule has 0 aliphatic carbocycles. The molecule has 0 heterocycles. The Bertz CT molecular complexity index is 237. The van der Waals surface area contributed by atoms with E-state index < -0.39 is 24.1 Å². The summed E-state index contributed by atoms with van der Waals surface area (Å²) in [7, 11) is -7.19. The molecule has 10 heteroatoms. The van der Waals surface area contributed by atoms with Crippen molar-refractivity contribution < 1.29 is 45.2 Å². The molecule has 0 saturated carbocycles. The summed E-state index contributed by atoms with van der Waals surface area (Å²) in [6, 6.07) is 0. The van der Waals surface area contributed by atoms with Gasteiger partial charge in [0, 0.05) is 24.1 Å². The van der Waals surface area contributed by atoms with Crippen LogP contribution in [0.4, 0.5) is 0 Å². The number of rotatable bonds is 9. The molecule has 0 fully saturated rings. The van der Waals surface area contributed by atoms with Crippen LogP contribution in [0.3, 0.4) is 0 Å². The molecule has 0 bridgehead atoms. The van der Waals surface area contributed by atoms with Gasteiger partial charge < -0.3 is 28.4 Å². The fourth-order valence-electron chi connectivity index (χ4n) is 0.963. The second kappa shape index (κ2) is 26.9. The molecule has 0 rings (SSSR count). The van der Waals surface area contributed by atoms with E-state index in [2.05, 4.69) is 0 Å². The van der Waals surface area contributed by atoms with E-state index in [0.717, 1.165) is 38.5 Å². The van der Waals surface area contributed by atoms with E-state index in [0.29, 0.717) is 18.5 Å². The molecule has 0 spiro atoms. The van der Waals surface area contributed by atoms with Crippen LogP contribution in [0.15, 0.2) is 0 Å². The molecule has 0 N–H and O–H groups in total. The molecule has 3 unspecified atom stereocenters. The molecule has 0 aliphatic rings. The van der Waals surface area contributed by atoms with Crippen molar-refractivity contribution in [1.29, 1.82) is 0 Å². The minimum Gasteiger partial charge on any atom is -0.802 e. The monoisotopic (exact) mass is 422 g/mol. The molecule has 3 atom stereocenters. The topological polar surface area (TPSA) is 120 Å². The summed E-state index contributed by atoms with van der Waals surface area (Å²) < 4.78 is 29.5. The van der Waals surface area contributed by atoms with Crippen LogP contribution >= 0.6 is 24.1 Å². The Morgan fingerprint density at radius 2 is 0.773 bits per heavy atom. The third-order valence-corrected chi connectivity index (χ3v) is 4.49. The molecule has 6 nitrogen and oxygen atoms in total. The Hall–Kier alpha value is 1.08. The van der Waals surface area contributed by atoms with Crippen molar-refractivity contribution in [2.24, 2.45) is 0 Å². The minimum absolute atomic E-state index is 0. The van der Waals surface area contributed by atoms with Gasteiger partial charge in [0.1, 0.15) is 0 Å². The molecule has 138 valence electrons. The molecular weight excluding hydrogens is 392 g/mol. The van der Waals surface area contributed by atoms with Crippen LogP contribution in [0.25, 0.3) is 0 Å². The van der Waals surface area contributed by atoms with E-state index >= 15 is 0 Å². The van der Waals surface area contributed by atoms with Crippen molar-refractivity contribution in [2.45, 2.75) is 59.3 Å². The van der Waals surface area contributed by atoms with Gasteiger partial charge in [0.2, 0.25) is 0 Å². The summed E-state index contributed by atoms with van der Waals surface area (Å²) in [5.74, 6) is 0. The van der Waals surface area contributed by atoms with Crippen LogP contribution in [0.5, 0.6) is 0 Å². The van der Waals surface area contributed by atoms with Crippen LogP contribution in [0.1, 0.15) is 59.3 Å². The molecule has 0 aromatic heterocycles. The normalized spacial score (nSPS) is 13.4. The van der Waals surface area contributed by atoms with Crippen LogP contribution < -0.4 is 14.7 Å². The van der Waals surface area contributed by atoms with Crippen LogP contribution in [-0.2, 0) is 30.5 Å². The number of unbranched alkanes of at least 4 members (excludes halogenated alkanes) is 3. The SMILES string of the molecule is CCCC[PH](=O)[O-].CCCC[PH](=O)[O-].CCCC[PH](=O)[O-].[Co+3]. The van der Waals surface area contributed by atoms with Crippen molar-refractivity contribution in [3.63, 3.8) is 0 Å². The van der Waals surface area contributed by atoms with E-state index in [1.54, 1.807) is 0 Å². The fourth-order valence-corrected chi connectivity index (χ4v) is 2.89. The average Bonchev–Trinajstić information content (AvgIpc) is 2.41. The van der Waals surface area contributed by atoms with Gasteiger partial charge in [0.15, 0.2) is 0 Å². The molecule has 0 amide bonds. The van der Waals surface area contributed by atoms with E-state index in [-0.39, 0.29) is 16.8 Å². The smallest absolute Gasteiger partial charge is 0.802 e. The quantitative estimate of drug-likeness (QED) is 0.523. The van der Waals surface area contributed by atoms with E-state index in [1.807, 2.05) is 20.8 Å². The second-order valence-electron chi connectivity index (χ2n) is 4.43. The molecule has 0 aromatic rings. The van der Waals surface area contributed by atoms with Gasteiger partial charge in [-0.2, -0.15) is 0 Å². The summed E-state index contributed by atoms with van der Waals surface area (Å²) in [6.07, 6.45) is 6.54. The van der Waals surface area contributed by atoms with E-state index in [9.17, 15) is 28.4 Å². The zero-order valence-corrected chi connectivity index (χ0v) is 17.7. The fraction of sp³-hybridized carbons (Fsp3) is 1.00. The van der Waals surface area contributed by atoms with Gasteiger partial charge in [-0.3, -0.25) is 0 Å². The van der Waals surface area contributed by atoms with Crippen LogP contribution in [0.2, 0.25) is 0 Å². The molecule has 0 radical (unpaired) electrons. The second-order valence-corrected chi connectivity index (χ2v) is 8.16. The van der Waals surface area contributed by atoms with Gasteiger partial charge in [-0.05, 0) is 37.7 Å². The van der Waals surface area contributed by atoms with Gasteiger partial charge in [-0.25, -0.2) is 0 Å². The maximum atomic E-state index is 9.83. The van der Waals surface area contributed by atoms with E-state index in [4.69, 9.17) is 0 Å². The third-order valence-electron chi connectivity index (χ3n) is 2.20. The van der Waals surface area contributed by atoms with Gasteiger partial charge in [-0.15, -0.1) is 0 Å². The Morgan fingerprint density at radius 1 is 0.591 bits per heavy atom. The standard InChI is InChI=1S/3C4H11O2P.Co/c3*1-2-3-4-7(5)6;/h3*7H,2-4H2,1H3,(H,5,6);/q;;;+3/p-3. The molecule has 0 aromatic carbocycles. The van der Waals surface area contributed by atoms with Gasteiger partial charge in [0.05, 0.1) is 0 Å². The Labute approximate surface area is 147 Å². The van der Waals surface area contributed by atoms with Crippen LogP contribution in [-0.4, -0.2) is 18.5 Å². The Morgan fingerprint density at radius 3 is 0.818 bits per heavy atom. The summed E-state index contributed by atoms with van der Waals surface area (Å²) >= 11 is 0.